The molecule has 9 heteroatoms. The molecule has 0 unspecified atom stereocenters. The highest BCUT2D eigenvalue weighted by molar-refractivity contribution is 5.98. The Hall–Kier alpha value is -3.69. The van der Waals surface area contributed by atoms with Crippen molar-refractivity contribution in [2.45, 2.75) is 26.7 Å². The van der Waals surface area contributed by atoms with Gasteiger partial charge in [0.1, 0.15) is 11.4 Å². The van der Waals surface area contributed by atoms with Crippen LogP contribution in [0.25, 0.3) is 33.3 Å². The van der Waals surface area contributed by atoms with Gasteiger partial charge in [-0.25, -0.2) is 0 Å². The molecule has 38 heavy (non-hydrogen) atoms. The molecule has 1 amide bonds. The molecule has 200 valence electrons. The molecule has 2 aromatic heterocycles. The number of amides is 1. The molecule has 2 aromatic carbocycles. The molecule has 1 aliphatic heterocycles. The molecule has 1 aliphatic rings. The molecule has 0 bridgehead atoms. The molecule has 1 saturated heterocycles. The predicted molar refractivity (Wildman–Crippen MR) is 151 cm³/mol. The average Bonchev–Trinajstić information content (AvgIpc) is 3.51. The first-order chi connectivity index (χ1) is 18.4. The molecule has 1 fully saturated rings. The normalized spacial score (nSPS) is 14.7. The molecular weight excluding hydrogens is 478 g/mol. The van der Waals surface area contributed by atoms with Crippen LogP contribution < -0.4 is 10.1 Å². The summed E-state index contributed by atoms with van der Waals surface area (Å²) < 4.78 is 7.80. The highest BCUT2D eigenvalue weighted by Gasteiger charge is 2.18. The van der Waals surface area contributed by atoms with Gasteiger partial charge in [-0.1, -0.05) is 12.1 Å². The number of rotatable bonds is 9. The molecule has 9 nitrogen and oxygen atoms in total. The number of carbonyl (C=O) groups is 1. The first-order valence-electron chi connectivity index (χ1n) is 13.4. The fraction of sp³-hybridized carbons (Fsp3) is 0.414. The van der Waals surface area contributed by atoms with E-state index in [0.717, 1.165) is 95.9 Å². The number of nitrogens with zero attached hydrogens (tertiary/aromatic N) is 5. The van der Waals surface area contributed by atoms with Gasteiger partial charge in [-0.15, -0.1) is 0 Å². The number of benzene rings is 2. The predicted octanol–water partition coefficient (Wildman–Crippen LogP) is 4.17. The SMILES string of the molecule is CCOc1cc2c(-c3ccc(CCCN4CCN(C)CC4)c(NC(C)=O)c3)n[nH]c2cc1-c1cnn(C)c1. The lowest BCUT2D eigenvalue weighted by Crippen LogP contribution is -2.44. The summed E-state index contributed by atoms with van der Waals surface area (Å²) in [7, 11) is 4.08. The van der Waals surface area contributed by atoms with Gasteiger partial charge >= 0.3 is 0 Å². The number of hydrogen-bond donors (Lipinski definition) is 2. The Morgan fingerprint density at radius 1 is 1.11 bits per heavy atom. The number of hydrogen-bond acceptors (Lipinski definition) is 6. The van der Waals surface area contributed by atoms with Crippen LogP contribution in [0.5, 0.6) is 5.75 Å². The molecule has 0 aliphatic carbocycles. The van der Waals surface area contributed by atoms with Crippen molar-refractivity contribution >= 4 is 22.5 Å². The van der Waals surface area contributed by atoms with Crippen LogP contribution in [0.3, 0.4) is 0 Å². The van der Waals surface area contributed by atoms with Gasteiger partial charge in [-0.2, -0.15) is 10.2 Å². The topological polar surface area (TPSA) is 91.3 Å². The Balaban J connectivity index is 1.42. The van der Waals surface area contributed by atoms with Gasteiger partial charge in [0.05, 0.1) is 18.3 Å². The number of nitrogens with one attached hydrogen (secondary N) is 2. The maximum atomic E-state index is 12.0. The van der Waals surface area contributed by atoms with Gasteiger partial charge < -0.3 is 19.9 Å². The van der Waals surface area contributed by atoms with Gasteiger partial charge in [-0.3, -0.25) is 14.6 Å². The van der Waals surface area contributed by atoms with Crippen molar-refractivity contribution in [2.75, 3.05) is 51.7 Å². The zero-order valence-electron chi connectivity index (χ0n) is 22.8. The smallest absolute Gasteiger partial charge is 0.221 e. The van der Waals surface area contributed by atoms with E-state index in [1.807, 2.05) is 38.5 Å². The van der Waals surface area contributed by atoms with E-state index in [9.17, 15) is 4.79 Å². The van der Waals surface area contributed by atoms with Crippen molar-refractivity contribution in [3.63, 3.8) is 0 Å². The Morgan fingerprint density at radius 3 is 2.63 bits per heavy atom. The monoisotopic (exact) mass is 515 g/mol. The van der Waals surface area contributed by atoms with Crippen LogP contribution in [-0.4, -0.2) is 82.1 Å². The van der Waals surface area contributed by atoms with Crippen molar-refractivity contribution in [2.24, 2.45) is 7.05 Å². The van der Waals surface area contributed by atoms with Crippen molar-refractivity contribution in [3.05, 3.63) is 48.3 Å². The van der Waals surface area contributed by atoms with Crippen molar-refractivity contribution in [1.29, 1.82) is 0 Å². The van der Waals surface area contributed by atoms with E-state index in [-0.39, 0.29) is 5.91 Å². The van der Waals surface area contributed by atoms with E-state index in [1.54, 1.807) is 11.6 Å². The summed E-state index contributed by atoms with van der Waals surface area (Å²) in [5.74, 6) is 0.715. The van der Waals surface area contributed by atoms with Crippen LogP contribution in [-0.2, 0) is 18.3 Å². The number of aromatic amines is 1. The fourth-order valence-corrected chi connectivity index (χ4v) is 5.14. The second-order valence-corrected chi connectivity index (χ2v) is 10.1. The maximum Gasteiger partial charge on any atom is 0.221 e. The van der Waals surface area contributed by atoms with Crippen molar-refractivity contribution in [3.8, 4) is 28.1 Å². The van der Waals surface area contributed by atoms with Gasteiger partial charge in [-0.05, 0) is 57.1 Å². The summed E-state index contributed by atoms with van der Waals surface area (Å²) in [5.41, 5.74) is 6.64. The zero-order valence-corrected chi connectivity index (χ0v) is 22.8. The lowest BCUT2D eigenvalue weighted by Gasteiger charge is -2.32. The van der Waals surface area contributed by atoms with Gasteiger partial charge in [0.25, 0.3) is 0 Å². The number of likely N-dealkylation sites (N-methyl/N-ethyl adjacent to an activating group) is 1. The third-order valence-electron chi connectivity index (χ3n) is 7.19. The Morgan fingerprint density at radius 2 is 1.92 bits per heavy atom. The molecule has 0 saturated carbocycles. The van der Waals surface area contributed by atoms with Crippen LogP contribution in [0, 0.1) is 0 Å². The standard InChI is InChI=1S/C29H37N7O2/c1-5-38-28-17-25-27(16-24(28)23-18-30-35(4)19-23)32-33-29(25)22-9-8-21(26(15-22)31-20(2)37)7-6-10-36-13-11-34(3)12-14-36/h8-9,15-19H,5-7,10-14H2,1-4H3,(H,31,37)(H,32,33). The Bertz CT molecular complexity index is 1420. The number of H-pyrrole nitrogens is 1. The van der Waals surface area contributed by atoms with Gasteiger partial charge in [0, 0.05) is 74.1 Å². The van der Waals surface area contributed by atoms with E-state index in [1.165, 1.54) is 0 Å². The quantitative estimate of drug-likeness (QED) is 0.348. The maximum absolute atomic E-state index is 12.0. The molecule has 0 radical (unpaired) electrons. The highest BCUT2D eigenvalue weighted by Crippen LogP contribution is 2.38. The summed E-state index contributed by atoms with van der Waals surface area (Å²) >= 11 is 0. The Labute approximate surface area is 223 Å². The zero-order chi connectivity index (χ0) is 26.6. The first kappa shape index (κ1) is 25.9. The van der Waals surface area contributed by atoms with Gasteiger partial charge in [0.15, 0.2) is 0 Å². The lowest BCUT2D eigenvalue weighted by atomic mass is 9.99. The average molecular weight is 516 g/mol. The Kier molecular flexibility index (Phi) is 7.76. The summed E-state index contributed by atoms with van der Waals surface area (Å²) in [4.78, 5) is 16.9. The highest BCUT2D eigenvalue weighted by atomic mass is 16.5. The number of ether oxygens (including phenoxy) is 1. The summed E-state index contributed by atoms with van der Waals surface area (Å²) in [6.45, 7) is 9.64. The van der Waals surface area contributed by atoms with E-state index >= 15 is 0 Å². The summed E-state index contributed by atoms with van der Waals surface area (Å²) in [6, 6.07) is 10.4. The minimum atomic E-state index is -0.0749. The molecule has 5 rings (SSSR count). The van der Waals surface area contributed by atoms with Crippen molar-refractivity contribution in [1.82, 2.24) is 29.8 Å². The fourth-order valence-electron chi connectivity index (χ4n) is 5.14. The number of fused-ring (bicyclic) bond motifs is 1. The van der Waals surface area contributed by atoms with Crippen LogP contribution >= 0.6 is 0 Å². The molecular formula is C29H37N7O2. The second-order valence-electron chi connectivity index (χ2n) is 10.1. The minimum absolute atomic E-state index is 0.0749. The number of aromatic nitrogens is 4. The second kappa shape index (κ2) is 11.4. The largest absolute Gasteiger partial charge is 0.493 e. The van der Waals surface area contributed by atoms with Gasteiger partial charge in [0.2, 0.25) is 5.91 Å². The van der Waals surface area contributed by atoms with Crippen LogP contribution in [0.2, 0.25) is 0 Å². The van der Waals surface area contributed by atoms with E-state index in [2.05, 4.69) is 55.7 Å². The van der Waals surface area contributed by atoms with Crippen LogP contribution in [0.1, 0.15) is 25.8 Å². The van der Waals surface area contributed by atoms with E-state index in [0.29, 0.717) is 6.61 Å². The third-order valence-corrected chi connectivity index (χ3v) is 7.19. The van der Waals surface area contributed by atoms with Crippen molar-refractivity contribution < 1.29 is 9.53 Å². The lowest BCUT2D eigenvalue weighted by molar-refractivity contribution is -0.114. The molecule has 3 heterocycles. The first-order valence-corrected chi connectivity index (χ1v) is 13.4. The molecule has 0 spiro atoms. The summed E-state index contributed by atoms with van der Waals surface area (Å²) in [5, 5.41) is 16.2. The summed E-state index contributed by atoms with van der Waals surface area (Å²) in [6.07, 6.45) is 5.77. The molecule has 4 aromatic rings. The number of anilines is 1. The molecule has 0 atom stereocenters. The van der Waals surface area contributed by atoms with Crippen LogP contribution in [0.15, 0.2) is 42.7 Å². The number of carbonyl (C=O) groups excluding carboxylic acids is 1. The van der Waals surface area contributed by atoms with E-state index in [4.69, 9.17) is 4.74 Å². The number of piperazine rings is 1. The van der Waals surface area contributed by atoms with E-state index < -0.39 is 0 Å². The number of aryl methyl sites for hydroxylation is 2. The minimum Gasteiger partial charge on any atom is -0.493 e. The molecule has 2 N–H and O–H groups in total. The van der Waals surface area contributed by atoms with Crippen LogP contribution in [0.4, 0.5) is 5.69 Å². The third kappa shape index (κ3) is 5.74.